The van der Waals surface area contributed by atoms with Gasteiger partial charge in [-0.3, -0.25) is 4.79 Å². The van der Waals surface area contributed by atoms with Crippen molar-refractivity contribution >= 4 is 17.7 Å². The molecule has 0 N–H and O–H groups in total. The van der Waals surface area contributed by atoms with Crippen LogP contribution in [0.5, 0.6) is 0 Å². The molecule has 1 unspecified atom stereocenters. The fourth-order valence-corrected chi connectivity index (χ4v) is 0.707. The molecule has 1 nitrogen and oxygen atoms in total. The summed E-state index contributed by atoms with van der Waals surface area (Å²) in [7, 11) is 0. The van der Waals surface area contributed by atoms with Gasteiger partial charge < -0.3 is 0 Å². The van der Waals surface area contributed by atoms with E-state index in [-0.39, 0.29) is 16.4 Å². The van der Waals surface area contributed by atoms with Gasteiger partial charge in [-0.25, -0.2) is 0 Å². The van der Waals surface area contributed by atoms with E-state index in [4.69, 9.17) is 0 Å². The summed E-state index contributed by atoms with van der Waals surface area (Å²) in [4.78, 5) is 10.6. The zero-order valence-electron chi connectivity index (χ0n) is 6.39. The van der Waals surface area contributed by atoms with E-state index in [2.05, 4.69) is 12.6 Å². The van der Waals surface area contributed by atoms with Gasteiger partial charge in [0.15, 0.2) is 0 Å². The molecule has 0 aliphatic rings. The zero-order valence-corrected chi connectivity index (χ0v) is 7.21. The smallest absolute Gasteiger partial charge is 0.222 e. The average Bonchev–Trinajstić information content (AvgIpc) is 1.62. The molecule has 0 aliphatic heterocycles. The molecular formula is C7H13OS. The molecule has 0 spiro atoms. The summed E-state index contributed by atoms with van der Waals surface area (Å²) >= 11 is 4.51. The minimum atomic E-state index is -0.137. The maximum atomic E-state index is 10.6. The van der Waals surface area contributed by atoms with Crippen LogP contribution in [0.15, 0.2) is 0 Å². The van der Waals surface area contributed by atoms with Crippen LogP contribution in [-0.2, 0) is 4.79 Å². The maximum Gasteiger partial charge on any atom is 0.222 e. The van der Waals surface area contributed by atoms with Gasteiger partial charge >= 0.3 is 0 Å². The molecule has 2 heteroatoms. The van der Waals surface area contributed by atoms with Crippen LogP contribution >= 0.6 is 12.6 Å². The second-order valence-corrected chi connectivity index (χ2v) is 3.81. The highest BCUT2D eigenvalue weighted by Crippen LogP contribution is 2.26. The van der Waals surface area contributed by atoms with Gasteiger partial charge in [-0.15, -0.1) is 0 Å². The minimum Gasteiger partial charge on any atom is -0.282 e. The average molecular weight is 145 g/mol. The highest BCUT2D eigenvalue weighted by atomic mass is 32.1. The van der Waals surface area contributed by atoms with Crippen molar-refractivity contribution in [3.63, 3.8) is 0 Å². The predicted molar refractivity (Wildman–Crippen MR) is 41.2 cm³/mol. The van der Waals surface area contributed by atoms with Gasteiger partial charge in [0, 0.05) is 5.92 Å². The molecule has 0 aliphatic carbocycles. The Bertz CT molecular complexity index is 113. The Hall–Kier alpha value is -0.110. The van der Waals surface area contributed by atoms with Crippen molar-refractivity contribution in [2.45, 2.75) is 27.7 Å². The van der Waals surface area contributed by atoms with Crippen molar-refractivity contribution < 1.29 is 4.79 Å². The molecule has 0 aromatic rings. The lowest BCUT2D eigenvalue weighted by molar-refractivity contribution is -0.116. The van der Waals surface area contributed by atoms with E-state index in [1.807, 2.05) is 27.7 Å². The summed E-state index contributed by atoms with van der Waals surface area (Å²) < 4.78 is 0. The van der Waals surface area contributed by atoms with Crippen LogP contribution in [0.1, 0.15) is 27.7 Å². The largest absolute Gasteiger partial charge is 0.282 e. The van der Waals surface area contributed by atoms with Gasteiger partial charge in [0.25, 0.3) is 0 Å². The van der Waals surface area contributed by atoms with Crippen LogP contribution in [0.3, 0.4) is 0 Å². The molecule has 0 amide bonds. The van der Waals surface area contributed by atoms with Crippen LogP contribution in [0.2, 0.25) is 0 Å². The van der Waals surface area contributed by atoms with Crippen molar-refractivity contribution in [1.82, 2.24) is 0 Å². The summed E-state index contributed by atoms with van der Waals surface area (Å²) in [6.45, 7) is 7.92. The Morgan fingerprint density at radius 1 is 1.44 bits per heavy atom. The van der Waals surface area contributed by atoms with E-state index in [9.17, 15) is 4.79 Å². The number of hydrogen-bond acceptors (Lipinski definition) is 1. The predicted octanol–water partition coefficient (Wildman–Crippen LogP) is 2.39. The minimum absolute atomic E-state index is 0.00694. The summed E-state index contributed by atoms with van der Waals surface area (Å²) in [5.74, 6) is -0.00694. The zero-order chi connectivity index (χ0) is 7.65. The molecule has 0 heterocycles. The van der Waals surface area contributed by atoms with Gasteiger partial charge in [-0.1, -0.05) is 27.7 Å². The van der Waals surface area contributed by atoms with Gasteiger partial charge in [-0.05, 0) is 18.0 Å². The van der Waals surface area contributed by atoms with Crippen LogP contribution in [-0.4, -0.2) is 5.12 Å². The first kappa shape index (κ1) is 8.89. The number of carbonyl (C=O) groups is 1. The van der Waals surface area contributed by atoms with Crippen molar-refractivity contribution in [3.05, 3.63) is 0 Å². The van der Waals surface area contributed by atoms with E-state index in [1.54, 1.807) is 0 Å². The number of carbonyl (C=O) groups excluding carboxylic acids is 1. The molecule has 0 rings (SSSR count). The van der Waals surface area contributed by atoms with Crippen molar-refractivity contribution in [1.29, 1.82) is 0 Å². The van der Waals surface area contributed by atoms with E-state index >= 15 is 0 Å². The Morgan fingerprint density at radius 3 is 1.78 bits per heavy atom. The van der Waals surface area contributed by atoms with Gasteiger partial charge in [0.1, 0.15) is 0 Å². The lowest BCUT2D eigenvalue weighted by Gasteiger charge is -2.23. The lowest BCUT2D eigenvalue weighted by Crippen LogP contribution is -2.22. The molecule has 0 bridgehead atoms. The van der Waals surface area contributed by atoms with Crippen LogP contribution < -0.4 is 0 Å². The second kappa shape index (κ2) is 2.65. The number of rotatable bonds is 1. The molecule has 0 aromatic carbocycles. The molecule has 9 heavy (non-hydrogen) atoms. The summed E-state index contributed by atoms with van der Waals surface area (Å²) in [5, 5.41) is -0.137. The fourth-order valence-electron chi connectivity index (χ4n) is 0.354. The van der Waals surface area contributed by atoms with Crippen molar-refractivity contribution in [3.8, 4) is 0 Å². The van der Waals surface area contributed by atoms with E-state index in [0.717, 1.165) is 0 Å². The Kier molecular flexibility index (Phi) is 2.62. The highest BCUT2D eigenvalue weighted by Gasteiger charge is 2.24. The molecule has 1 radical (unpaired) electrons. The molecule has 0 aromatic heterocycles. The van der Waals surface area contributed by atoms with Gasteiger partial charge in [-0.2, -0.15) is 0 Å². The molecule has 0 saturated heterocycles. The molecule has 0 saturated carbocycles. The monoisotopic (exact) mass is 145 g/mol. The third kappa shape index (κ3) is 2.80. The van der Waals surface area contributed by atoms with Crippen LogP contribution in [0, 0.1) is 11.3 Å². The summed E-state index contributed by atoms with van der Waals surface area (Å²) in [5.41, 5.74) is 0.0266. The Balaban J connectivity index is 4.04. The highest BCUT2D eigenvalue weighted by molar-refractivity contribution is 7.96. The third-order valence-corrected chi connectivity index (χ3v) is 2.01. The van der Waals surface area contributed by atoms with Gasteiger partial charge in [0.2, 0.25) is 5.12 Å². The standard InChI is InChI=1S/C7H13OS/c1-5(6(8)9)7(2,3)4/h5H,1-4H3. The SMILES string of the molecule is CC(C(=O)[S])C(C)(C)C. The quantitative estimate of drug-likeness (QED) is 0.553. The first-order valence-corrected chi connectivity index (χ1v) is 3.47. The lowest BCUT2D eigenvalue weighted by atomic mass is 9.83. The summed E-state index contributed by atoms with van der Waals surface area (Å²) in [6, 6.07) is 0. The third-order valence-electron chi connectivity index (χ3n) is 1.65. The van der Waals surface area contributed by atoms with Crippen LogP contribution in [0.25, 0.3) is 0 Å². The molecule has 0 fully saturated rings. The first-order chi connectivity index (χ1) is 3.85. The number of hydrogen-bond donors (Lipinski definition) is 0. The van der Waals surface area contributed by atoms with E-state index in [0.29, 0.717) is 0 Å². The topological polar surface area (TPSA) is 17.1 Å². The van der Waals surface area contributed by atoms with Crippen LogP contribution in [0.4, 0.5) is 0 Å². The van der Waals surface area contributed by atoms with Crippen molar-refractivity contribution in [2.75, 3.05) is 0 Å². The second-order valence-electron chi connectivity index (χ2n) is 3.41. The molecular weight excluding hydrogens is 132 g/mol. The van der Waals surface area contributed by atoms with Crippen molar-refractivity contribution in [2.24, 2.45) is 11.3 Å². The Morgan fingerprint density at radius 2 is 1.78 bits per heavy atom. The van der Waals surface area contributed by atoms with E-state index in [1.165, 1.54) is 0 Å². The summed E-state index contributed by atoms with van der Waals surface area (Å²) in [6.07, 6.45) is 0. The Labute approximate surface area is 62.2 Å². The normalized spacial score (nSPS) is 15.1. The maximum absolute atomic E-state index is 10.6. The molecule has 1 atom stereocenters. The van der Waals surface area contributed by atoms with E-state index < -0.39 is 0 Å². The fraction of sp³-hybridized carbons (Fsp3) is 0.857. The van der Waals surface area contributed by atoms with Gasteiger partial charge in [0.05, 0.1) is 0 Å². The first-order valence-electron chi connectivity index (χ1n) is 3.06. The molecule has 53 valence electrons.